The molecular weight excluding hydrogens is 252 g/mol. The predicted octanol–water partition coefficient (Wildman–Crippen LogP) is 1.78. The maximum atomic E-state index is 12.0. The highest BCUT2D eigenvalue weighted by Gasteiger charge is 2.13. The Bertz CT molecular complexity index is 654. The quantitative estimate of drug-likeness (QED) is 0.447. The Hall–Kier alpha value is -2.21. The third-order valence-electron chi connectivity index (χ3n) is 2.33. The number of benzene rings is 2. The molecule has 0 spiro atoms. The van der Waals surface area contributed by atoms with Gasteiger partial charge >= 0.3 is 0 Å². The average molecular weight is 264 g/mol. The number of phenols is 1. The van der Waals surface area contributed by atoms with Crippen LogP contribution in [0.25, 0.3) is 0 Å². The summed E-state index contributed by atoms with van der Waals surface area (Å²) in [6.45, 7) is 0. The Kier molecular flexibility index (Phi) is 3.12. The maximum absolute atomic E-state index is 12.0. The van der Waals surface area contributed by atoms with E-state index in [1.165, 1.54) is 30.3 Å². The van der Waals surface area contributed by atoms with Crippen LogP contribution < -0.4 is 10.5 Å². The van der Waals surface area contributed by atoms with Gasteiger partial charge in [0.15, 0.2) is 0 Å². The first kappa shape index (κ1) is 12.3. The fraction of sp³-hybridized carbons (Fsp3) is 0. The van der Waals surface area contributed by atoms with Crippen LogP contribution in [0.1, 0.15) is 0 Å². The van der Waals surface area contributed by atoms with Crippen LogP contribution in [0.5, 0.6) is 5.75 Å². The molecule has 0 unspecified atom stereocenters. The summed E-state index contributed by atoms with van der Waals surface area (Å²) in [5.41, 5.74) is 5.91. The van der Waals surface area contributed by atoms with E-state index in [1.54, 1.807) is 18.2 Å². The smallest absolute Gasteiger partial charge is 0.261 e. The number of phenolic OH excluding ortho intramolecular Hbond substituents is 1. The lowest BCUT2D eigenvalue weighted by Gasteiger charge is -2.09. The van der Waals surface area contributed by atoms with Crippen molar-refractivity contribution in [1.29, 1.82) is 0 Å². The highest BCUT2D eigenvalue weighted by atomic mass is 32.2. The topological polar surface area (TPSA) is 92.4 Å². The normalized spacial score (nSPS) is 11.1. The van der Waals surface area contributed by atoms with Crippen molar-refractivity contribution in [3.05, 3.63) is 48.5 Å². The molecule has 0 saturated heterocycles. The molecule has 0 aliphatic rings. The van der Waals surface area contributed by atoms with Crippen molar-refractivity contribution in [2.75, 3.05) is 10.5 Å². The third-order valence-corrected chi connectivity index (χ3v) is 3.73. The number of rotatable bonds is 3. The second-order valence-corrected chi connectivity index (χ2v) is 5.37. The first-order valence-corrected chi connectivity index (χ1v) is 6.64. The molecule has 4 N–H and O–H groups in total. The van der Waals surface area contributed by atoms with Crippen molar-refractivity contribution in [2.45, 2.75) is 4.90 Å². The summed E-state index contributed by atoms with van der Waals surface area (Å²) in [6.07, 6.45) is 0. The van der Waals surface area contributed by atoms with Crippen LogP contribution in [0.3, 0.4) is 0 Å². The molecule has 0 fully saturated rings. The highest BCUT2D eigenvalue weighted by molar-refractivity contribution is 7.92. The second-order valence-electron chi connectivity index (χ2n) is 3.69. The molecule has 0 atom stereocenters. The van der Waals surface area contributed by atoms with Gasteiger partial charge in [-0.15, -0.1) is 0 Å². The zero-order valence-corrected chi connectivity index (χ0v) is 10.2. The molecule has 2 rings (SSSR count). The number of hydrogen-bond donors (Lipinski definition) is 3. The van der Waals surface area contributed by atoms with Crippen LogP contribution >= 0.6 is 0 Å². The lowest BCUT2D eigenvalue weighted by atomic mass is 10.3. The number of sulfonamides is 1. The van der Waals surface area contributed by atoms with Gasteiger partial charge in [0.25, 0.3) is 10.0 Å². The van der Waals surface area contributed by atoms with Gasteiger partial charge in [0.1, 0.15) is 5.75 Å². The van der Waals surface area contributed by atoms with E-state index in [0.29, 0.717) is 5.69 Å². The van der Waals surface area contributed by atoms with Gasteiger partial charge in [-0.3, -0.25) is 4.72 Å². The number of nitrogen functional groups attached to an aromatic ring is 1. The minimum atomic E-state index is -3.63. The average Bonchev–Trinajstić information content (AvgIpc) is 2.35. The minimum Gasteiger partial charge on any atom is -0.506 e. The molecule has 2 aromatic rings. The third kappa shape index (κ3) is 2.54. The predicted molar refractivity (Wildman–Crippen MR) is 69.8 cm³/mol. The van der Waals surface area contributed by atoms with Crippen LogP contribution in [-0.4, -0.2) is 13.5 Å². The Morgan fingerprint density at radius 3 is 2.33 bits per heavy atom. The van der Waals surface area contributed by atoms with Gasteiger partial charge in [0, 0.05) is 0 Å². The van der Waals surface area contributed by atoms with E-state index in [-0.39, 0.29) is 16.3 Å². The summed E-state index contributed by atoms with van der Waals surface area (Å²) in [6, 6.07) is 12.1. The fourth-order valence-electron chi connectivity index (χ4n) is 1.43. The largest absolute Gasteiger partial charge is 0.506 e. The van der Waals surface area contributed by atoms with Crippen LogP contribution in [0.4, 0.5) is 11.4 Å². The molecule has 6 heteroatoms. The first-order valence-electron chi connectivity index (χ1n) is 5.15. The zero-order chi connectivity index (χ0) is 13.2. The lowest BCUT2D eigenvalue weighted by molar-refractivity contribution is 0.478. The molecule has 5 nitrogen and oxygen atoms in total. The van der Waals surface area contributed by atoms with Gasteiger partial charge in [-0.25, -0.2) is 8.42 Å². The first-order chi connectivity index (χ1) is 8.49. The van der Waals surface area contributed by atoms with Gasteiger partial charge in [-0.05, 0) is 30.3 Å². The summed E-state index contributed by atoms with van der Waals surface area (Å²) in [4.78, 5) is 0.164. The Balaban J connectivity index is 2.31. The van der Waals surface area contributed by atoms with Crippen LogP contribution in [0.2, 0.25) is 0 Å². The van der Waals surface area contributed by atoms with E-state index >= 15 is 0 Å². The molecule has 0 heterocycles. The van der Waals surface area contributed by atoms with Crippen LogP contribution in [0, 0.1) is 0 Å². The van der Waals surface area contributed by atoms with Gasteiger partial charge in [-0.1, -0.05) is 18.2 Å². The molecule has 0 amide bonds. The number of anilines is 2. The number of aromatic hydroxyl groups is 1. The van der Waals surface area contributed by atoms with Crippen molar-refractivity contribution >= 4 is 21.4 Å². The van der Waals surface area contributed by atoms with E-state index in [1.807, 2.05) is 0 Å². The van der Waals surface area contributed by atoms with Gasteiger partial charge in [0.2, 0.25) is 0 Å². The van der Waals surface area contributed by atoms with Crippen LogP contribution in [-0.2, 0) is 10.0 Å². The molecular formula is C12H12N2O3S. The SMILES string of the molecule is Nc1cc(NS(=O)(=O)c2ccccc2)ccc1O. The van der Waals surface area contributed by atoms with Crippen molar-refractivity contribution < 1.29 is 13.5 Å². The van der Waals surface area contributed by atoms with Crippen LogP contribution in [0.15, 0.2) is 53.4 Å². The molecule has 18 heavy (non-hydrogen) atoms. The standard InChI is InChI=1S/C12H12N2O3S/c13-11-8-9(6-7-12(11)15)14-18(16,17)10-4-2-1-3-5-10/h1-8,14-15H,13H2. The maximum Gasteiger partial charge on any atom is 0.261 e. The van der Waals surface area contributed by atoms with Gasteiger partial charge in [0.05, 0.1) is 16.3 Å². The molecule has 0 aromatic heterocycles. The number of nitrogens with one attached hydrogen (secondary N) is 1. The Labute approximate surface area is 105 Å². The molecule has 0 aliphatic carbocycles. The minimum absolute atomic E-state index is 0.0855. The monoisotopic (exact) mass is 264 g/mol. The van der Waals surface area contributed by atoms with E-state index in [4.69, 9.17) is 5.73 Å². The Morgan fingerprint density at radius 2 is 1.72 bits per heavy atom. The molecule has 0 bridgehead atoms. The molecule has 0 radical (unpaired) electrons. The fourth-order valence-corrected chi connectivity index (χ4v) is 2.50. The summed E-state index contributed by atoms with van der Waals surface area (Å²) >= 11 is 0. The highest BCUT2D eigenvalue weighted by Crippen LogP contribution is 2.25. The molecule has 0 saturated carbocycles. The van der Waals surface area contributed by atoms with Gasteiger partial charge < -0.3 is 10.8 Å². The lowest BCUT2D eigenvalue weighted by Crippen LogP contribution is -2.12. The second kappa shape index (κ2) is 4.58. The van der Waals surface area contributed by atoms with Crippen molar-refractivity contribution in [2.24, 2.45) is 0 Å². The van der Waals surface area contributed by atoms with E-state index in [0.717, 1.165) is 0 Å². The van der Waals surface area contributed by atoms with E-state index < -0.39 is 10.0 Å². The van der Waals surface area contributed by atoms with Crippen molar-refractivity contribution in [1.82, 2.24) is 0 Å². The summed E-state index contributed by atoms with van der Waals surface area (Å²) in [7, 11) is -3.63. The summed E-state index contributed by atoms with van der Waals surface area (Å²) < 4.78 is 26.4. The van der Waals surface area contributed by atoms with Gasteiger partial charge in [-0.2, -0.15) is 0 Å². The number of nitrogens with two attached hydrogens (primary N) is 1. The Morgan fingerprint density at radius 1 is 1.06 bits per heavy atom. The summed E-state index contributed by atoms with van der Waals surface area (Å²) in [5.74, 6) is -0.0855. The summed E-state index contributed by atoms with van der Waals surface area (Å²) in [5, 5.41) is 9.26. The van der Waals surface area contributed by atoms with Crippen molar-refractivity contribution in [3.8, 4) is 5.75 Å². The van der Waals surface area contributed by atoms with Crippen molar-refractivity contribution in [3.63, 3.8) is 0 Å². The molecule has 2 aromatic carbocycles. The van der Waals surface area contributed by atoms with E-state index in [9.17, 15) is 13.5 Å². The van der Waals surface area contributed by atoms with E-state index in [2.05, 4.69) is 4.72 Å². The molecule has 0 aliphatic heterocycles. The molecule has 94 valence electrons. The zero-order valence-electron chi connectivity index (χ0n) is 9.37. The number of hydrogen-bond acceptors (Lipinski definition) is 4.